The number of fused-ring (bicyclic) bond motifs is 1. The van der Waals surface area contributed by atoms with Crippen LogP contribution in [0.15, 0.2) is 18.3 Å². The van der Waals surface area contributed by atoms with Crippen LogP contribution in [0.4, 0.5) is 5.69 Å². The second-order valence-electron chi connectivity index (χ2n) is 4.59. The second kappa shape index (κ2) is 4.33. The lowest BCUT2D eigenvalue weighted by Gasteiger charge is -2.20. The average Bonchev–Trinajstić information content (AvgIpc) is 2.73. The van der Waals surface area contributed by atoms with Crippen LogP contribution in [-0.2, 0) is 11.2 Å². The third-order valence-corrected chi connectivity index (χ3v) is 3.23. The van der Waals surface area contributed by atoms with E-state index in [4.69, 9.17) is 10.5 Å². The molecule has 0 radical (unpaired) electrons. The van der Waals surface area contributed by atoms with Crippen molar-refractivity contribution in [2.75, 3.05) is 18.9 Å². The Morgan fingerprint density at radius 2 is 2.41 bits per heavy atom. The minimum Gasteiger partial charge on any atom is -0.399 e. The van der Waals surface area contributed by atoms with Crippen molar-refractivity contribution in [3.63, 3.8) is 0 Å². The van der Waals surface area contributed by atoms with Crippen molar-refractivity contribution < 1.29 is 4.74 Å². The molecule has 1 aliphatic rings. The minimum absolute atomic E-state index is 0.564. The van der Waals surface area contributed by atoms with Gasteiger partial charge in [0.2, 0.25) is 0 Å². The van der Waals surface area contributed by atoms with Crippen molar-refractivity contribution in [2.24, 2.45) is 5.92 Å². The maximum Gasteiger partial charge on any atom is 0.162 e. The molecule has 17 heavy (non-hydrogen) atoms. The number of anilines is 1. The standard InChI is InChI=1S/C12H16N4O/c13-10-3-4-16-11(14-15-12(16)7-10)6-9-2-1-5-17-8-9/h3-4,7,9H,1-2,5-6,8,13H2. The first-order valence-corrected chi connectivity index (χ1v) is 6.00. The fraction of sp³-hybridized carbons (Fsp3) is 0.500. The Morgan fingerprint density at radius 3 is 3.24 bits per heavy atom. The summed E-state index contributed by atoms with van der Waals surface area (Å²) in [6.45, 7) is 1.73. The van der Waals surface area contributed by atoms with E-state index in [1.54, 1.807) is 0 Å². The molecule has 1 saturated heterocycles. The summed E-state index contributed by atoms with van der Waals surface area (Å²) < 4.78 is 7.49. The van der Waals surface area contributed by atoms with Crippen molar-refractivity contribution in [2.45, 2.75) is 19.3 Å². The summed E-state index contributed by atoms with van der Waals surface area (Å²) in [5, 5.41) is 8.37. The summed E-state index contributed by atoms with van der Waals surface area (Å²) in [5.74, 6) is 1.56. The third-order valence-electron chi connectivity index (χ3n) is 3.23. The Hall–Kier alpha value is -1.62. The summed E-state index contributed by atoms with van der Waals surface area (Å²) in [6.07, 6.45) is 5.22. The monoisotopic (exact) mass is 232 g/mol. The molecule has 0 spiro atoms. The van der Waals surface area contributed by atoms with E-state index in [1.165, 1.54) is 6.42 Å². The molecular formula is C12H16N4O. The highest BCUT2D eigenvalue weighted by Crippen LogP contribution is 2.18. The molecule has 3 heterocycles. The molecule has 5 heteroatoms. The van der Waals surface area contributed by atoms with Gasteiger partial charge in [0.05, 0.1) is 0 Å². The fourth-order valence-electron chi connectivity index (χ4n) is 2.32. The number of pyridine rings is 1. The first-order chi connectivity index (χ1) is 8.33. The average molecular weight is 232 g/mol. The Labute approximate surface area is 99.6 Å². The predicted octanol–water partition coefficient (Wildman–Crippen LogP) is 1.28. The lowest BCUT2D eigenvalue weighted by Crippen LogP contribution is -2.20. The van der Waals surface area contributed by atoms with Crippen LogP contribution in [0, 0.1) is 5.92 Å². The van der Waals surface area contributed by atoms with Crippen molar-refractivity contribution in [1.29, 1.82) is 0 Å². The number of aromatic nitrogens is 3. The normalized spacial score (nSPS) is 20.8. The highest BCUT2D eigenvalue weighted by Gasteiger charge is 2.17. The van der Waals surface area contributed by atoms with Crippen molar-refractivity contribution in [3.05, 3.63) is 24.2 Å². The van der Waals surface area contributed by atoms with Gasteiger partial charge >= 0.3 is 0 Å². The van der Waals surface area contributed by atoms with Gasteiger partial charge in [-0.2, -0.15) is 0 Å². The number of nitrogens with zero attached hydrogens (tertiary/aromatic N) is 3. The summed E-state index contributed by atoms with van der Waals surface area (Å²) in [4.78, 5) is 0. The number of nitrogens with two attached hydrogens (primary N) is 1. The molecule has 3 rings (SSSR count). The zero-order valence-electron chi connectivity index (χ0n) is 9.67. The SMILES string of the molecule is Nc1ccn2c(CC3CCCOC3)nnc2c1. The predicted molar refractivity (Wildman–Crippen MR) is 64.6 cm³/mol. The van der Waals surface area contributed by atoms with E-state index in [9.17, 15) is 0 Å². The van der Waals surface area contributed by atoms with Crippen molar-refractivity contribution in [1.82, 2.24) is 14.6 Å². The van der Waals surface area contributed by atoms with Gasteiger partial charge in [-0.3, -0.25) is 4.40 Å². The van der Waals surface area contributed by atoms with Crippen LogP contribution in [0.1, 0.15) is 18.7 Å². The van der Waals surface area contributed by atoms with E-state index in [2.05, 4.69) is 10.2 Å². The molecule has 0 aromatic carbocycles. The quantitative estimate of drug-likeness (QED) is 0.847. The fourth-order valence-corrected chi connectivity index (χ4v) is 2.32. The second-order valence-corrected chi connectivity index (χ2v) is 4.59. The molecule has 2 aromatic heterocycles. The number of rotatable bonds is 2. The number of ether oxygens (including phenoxy) is 1. The molecule has 1 unspecified atom stereocenters. The first kappa shape index (κ1) is 10.5. The molecule has 90 valence electrons. The van der Waals surface area contributed by atoms with Gasteiger partial charge in [0, 0.05) is 37.6 Å². The molecule has 0 amide bonds. The van der Waals surface area contributed by atoms with Crippen LogP contribution in [0.2, 0.25) is 0 Å². The molecule has 1 aliphatic heterocycles. The topological polar surface area (TPSA) is 65.4 Å². The maximum absolute atomic E-state index is 5.72. The Balaban J connectivity index is 1.84. The Kier molecular flexibility index (Phi) is 2.68. The van der Waals surface area contributed by atoms with Gasteiger partial charge in [-0.15, -0.1) is 10.2 Å². The van der Waals surface area contributed by atoms with Crippen molar-refractivity contribution >= 4 is 11.3 Å². The summed E-state index contributed by atoms with van der Waals surface area (Å²) >= 11 is 0. The van der Waals surface area contributed by atoms with Gasteiger partial charge in [-0.05, 0) is 24.8 Å². The van der Waals surface area contributed by atoms with Crippen LogP contribution in [0.3, 0.4) is 0 Å². The summed E-state index contributed by atoms with van der Waals surface area (Å²) in [6, 6.07) is 3.71. The highest BCUT2D eigenvalue weighted by atomic mass is 16.5. The lowest BCUT2D eigenvalue weighted by molar-refractivity contribution is 0.0542. The molecule has 1 fully saturated rings. The van der Waals surface area contributed by atoms with Gasteiger partial charge in [-0.1, -0.05) is 0 Å². The van der Waals surface area contributed by atoms with Gasteiger partial charge in [-0.25, -0.2) is 0 Å². The van der Waals surface area contributed by atoms with Gasteiger partial charge in [0.1, 0.15) is 5.82 Å². The molecule has 0 aliphatic carbocycles. The minimum atomic E-state index is 0.564. The van der Waals surface area contributed by atoms with Crippen molar-refractivity contribution in [3.8, 4) is 0 Å². The summed E-state index contributed by atoms with van der Waals surface area (Å²) in [5.41, 5.74) is 7.25. The smallest absolute Gasteiger partial charge is 0.162 e. The lowest BCUT2D eigenvalue weighted by atomic mass is 9.98. The van der Waals surface area contributed by atoms with Crippen LogP contribution in [0.5, 0.6) is 0 Å². The van der Waals surface area contributed by atoms with E-state index in [0.717, 1.165) is 43.2 Å². The Morgan fingerprint density at radius 1 is 1.47 bits per heavy atom. The van der Waals surface area contributed by atoms with E-state index < -0.39 is 0 Å². The van der Waals surface area contributed by atoms with Crippen LogP contribution >= 0.6 is 0 Å². The molecule has 2 N–H and O–H groups in total. The van der Waals surface area contributed by atoms with Gasteiger partial charge in [0.25, 0.3) is 0 Å². The van der Waals surface area contributed by atoms with E-state index in [1.807, 2.05) is 22.7 Å². The van der Waals surface area contributed by atoms with Crippen LogP contribution in [0.25, 0.3) is 5.65 Å². The number of nitrogen functional groups attached to an aromatic ring is 1. The number of hydrogen-bond donors (Lipinski definition) is 1. The van der Waals surface area contributed by atoms with E-state index in [-0.39, 0.29) is 0 Å². The molecule has 1 atom stereocenters. The Bertz CT molecular complexity index is 516. The molecule has 2 aromatic rings. The number of hydrogen-bond acceptors (Lipinski definition) is 4. The van der Waals surface area contributed by atoms with Gasteiger partial charge < -0.3 is 10.5 Å². The van der Waals surface area contributed by atoms with Crippen LogP contribution < -0.4 is 5.73 Å². The zero-order chi connectivity index (χ0) is 11.7. The van der Waals surface area contributed by atoms with Gasteiger partial charge in [0.15, 0.2) is 5.65 Å². The third kappa shape index (κ3) is 2.10. The molecular weight excluding hydrogens is 216 g/mol. The van der Waals surface area contributed by atoms with Crippen LogP contribution in [-0.4, -0.2) is 27.8 Å². The largest absolute Gasteiger partial charge is 0.399 e. The molecule has 5 nitrogen and oxygen atoms in total. The summed E-state index contributed by atoms with van der Waals surface area (Å²) in [7, 11) is 0. The zero-order valence-corrected chi connectivity index (χ0v) is 9.67. The molecule has 0 saturated carbocycles. The first-order valence-electron chi connectivity index (χ1n) is 6.00. The highest BCUT2D eigenvalue weighted by molar-refractivity contribution is 5.51. The maximum atomic E-state index is 5.72. The van der Waals surface area contributed by atoms with E-state index >= 15 is 0 Å². The molecule has 0 bridgehead atoms. The van der Waals surface area contributed by atoms with E-state index in [0.29, 0.717) is 5.92 Å².